The Morgan fingerprint density at radius 3 is 2.50 bits per heavy atom. The third-order valence-corrected chi connectivity index (χ3v) is 5.17. The summed E-state index contributed by atoms with van der Waals surface area (Å²) in [5.41, 5.74) is 6.70. The van der Waals surface area contributed by atoms with E-state index in [-0.39, 0.29) is 6.03 Å². The Bertz CT molecular complexity index is 1220. The number of amides is 2. The van der Waals surface area contributed by atoms with Crippen molar-refractivity contribution in [2.75, 3.05) is 5.32 Å². The molecule has 4 aromatic rings. The number of carbonyl (C=O) groups is 1. The lowest BCUT2D eigenvalue weighted by Gasteiger charge is -2.23. The van der Waals surface area contributed by atoms with Gasteiger partial charge in [0.1, 0.15) is 0 Å². The number of aromatic nitrogens is 3. The van der Waals surface area contributed by atoms with E-state index in [2.05, 4.69) is 34.5 Å². The second-order valence-corrected chi connectivity index (χ2v) is 7.99. The lowest BCUT2D eigenvalue weighted by Crippen LogP contribution is -2.34. The monoisotopic (exact) mass is 425 g/mol. The predicted octanol–water partition coefficient (Wildman–Crippen LogP) is 5.43. The fraction of sp³-hybridized carbons (Fsp3) is 0.192. The number of nitrogens with zero attached hydrogens (tertiary/aromatic N) is 4. The molecule has 0 bridgehead atoms. The van der Waals surface area contributed by atoms with E-state index in [1.807, 2.05) is 79.2 Å². The van der Waals surface area contributed by atoms with Crippen LogP contribution in [-0.4, -0.2) is 25.7 Å². The van der Waals surface area contributed by atoms with Crippen molar-refractivity contribution in [2.24, 2.45) is 0 Å². The third-order valence-electron chi connectivity index (χ3n) is 5.17. The first-order valence-electron chi connectivity index (χ1n) is 10.6. The largest absolute Gasteiger partial charge is 0.322 e. The summed E-state index contributed by atoms with van der Waals surface area (Å²) in [6.07, 6.45) is 1.75. The third kappa shape index (κ3) is 5.21. The second kappa shape index (κ2) is 9.47. The van der Waals surface area contributed by atoms with Crippen LogP contribution in [0.4, 0.5) is 10.5 Å². The highest BCUT2D eigenvalue weighted by atomic mass is 16.2. The van der Waals surface area contributed by atoms with Crippen molar-refractivity contribution in [3.05, 3.63) is 107 Å². The summed E-state index contributed by atoms with van der Waals surface area (Å²) in [5, 5.41) is 7.59. The molecule has 4 rings (SSSR count). The lowest BCUT2D eigenvalue weighted by atomic mass is 10.1. The van der Waals surface area contributed by atoms with Gasteiger partial charge in [-0.15, -0.1) is 0 Å². The molecule has 2 aromatic heterocycles. The highest BCUT2D eigenvalue weighted by Crippen LogP contribution is 2.18. The van der Waals surface area contributed by atoms with Gasteiger partial charge in [-0.05, 0) is 62.7 Å². The SMILES string of the molecule is Cc1cccc(CN(Cc2ccccn2)C(=O)Nc2cccc(-n3nc(C)cc3C)c2)c1. The second-order valence-electron chi connectivity index (χ2n) is 7.99. The number of urea groups is 1. The van der Waals surface area contributed by atoms with Crippen LogP contribution in [-0.2, 0) is 13.1 Å². The van der Waals surface area contributed by atoms with Crippen molar-refractivity contribution < 1.29 is 4.79 Å². The Kier molecular flexibility index (Phi) is 6.31. The van der Waals surface area contributed by atoms with Crippen LogP contribution in [0, 0.1) is 20.8 Å². The zero-order valence-electron chi connectivity index (χ0n) is 18.6. The molecule has 0 spiro atoms. The summed E-state index contributed by atoms with van der Waals surface area (Å²) in [6.45, 7) is 6.94. The average molecular weight is 426 g/mol. The molecule has 32 heavy (non-hydrogen) atoms. The van der Waals surface area contributed by atoms with Gasteiger partial charge in [-0.1, -0.05) is 42.0 Å². The summed E-state index contributed by atoms with van der Waals surface area (Å²) < 4.78 is 1.88. The number of anilines is 1. The molecule has 2 amide bonds. The number of rotatable bonds is 6. The van der Waals surface area contributed by atoms with Crippen LogP contribution in [0.3, 0.4) is 0 Å². The Balaban J connectivity index is 1.56. The first-order chi connectivity index (χ1) is 15.5. The Morgan fingerprint density at radius 2 is 1.78 bits per heavy atom. The Labute approximate surface area is 188 Å². The van der Waals surface area contributed by atoms with Gasteiger partial charge >= 0.3 is 6.03 Å². The van der Waals surface area contributed by atoms with Crippen LogP contribution in [0.1, 0.15) is 28.2 Å². The molecular formula is C26H27N5O. The Hall–Kier alpha value is -3.93. The Morgan fingerprint density at radius 1 is 0.938 bits per heavy atom. The van der Waals surface area contributed by atoms with Crippen molar-refractivity contribution >= 4 is 11.7 Å². The van der Waals surface area contributed by atoms with Crippen molar-refractivity contribution in [2.45, 2.75) is 33.9 Å². The maximum atomic E-state index is 13.3. The van der Waals surface area contributed by atoms with Crippen molar-refractivity contribution in [3.63, 3.8) is 0 Å². The number of hydrogen-bond acceptors (Lipinski definition) is 3. The van der Waals surface area contributed by atoms with Gasteiger partial charge in [-0.3, -0.25) is 4.98 Å². The van der Waals surface area contributed by atoms with Gasteiger partial charge in [-0.25, -0.2) is 9.48 Å². The van der Waals surface area contributed by atoms with Gasteiger partial charge in [0.15, 0.2) is 0 Å². The lowest BCUT2D eigenvalue weighted by molar-refractivity contribution is 0.205. The van der Waals surface area contributed by atoms with E-state index in [1.54, 1.807) is 11.1 Å². The zero-order chi connectivity index (χ0) is 22.5. The van der Waals surface area contributed by atoms with E-state index >= 15 is 0 Å². The molecule has 162 valence electrons. The molecule has 0 aliphatic rings. The molecule has 6 nitrogen and oxygen atoms in total. The van der Waals surface area contributed by atoms with Crippen LogP contribution in [0.25, 0.3) is 5.69 Å². The first-order valence-corrected chi connectivity index (χ1v) is 10.6. The highest BCUT2D eigenvalue weighted by Gasteiger charge is 2.16. The average Bonchev–Trinajstić information content (AvgIpc) is 3.12. The summed E-state index contributed by atoms with van der Waals surface area (Å²) in [6, 6.07) is 23.5. The molecule has 0 saturated heterocycles. The number of aryl methyl sites for hydroxylation is 3. The van der Waals surface area contributed by atoms with Crippen molar-refractivity contribution in [1.82, 2.24) is 19.7 Å². The van der Waals surface area contributed by atoms with Crippen LogP contribution in [0.5, 0.6) is 0 Å². The van der Waals surface area contributed by atoms with Crippen molar-refractivity contribution in [3.8, 4) is 5.69 Å². The molecule has 0 radical (unpaired) electrons. The quantitative estimate of drug-likeness (QED) is 0.448. The van der Waals surface area contributed by atoms with Crippen LogP contribution >= 0.6 is 0 Å². The topological polar surface area (TPSA) is 63.1 Å². The van der Waals surface area contributed by atoms with E-state index in [1.165, 1.54) is 5.56 Å². The van der Waals surface area contributed by atoms with Gasteiger partial charge < -0.3 is 10.2 Å². The maximum Gasteiger partial charge on any atom is 0.322 e. The minimum absolute atomic E-state index is 0.178. The molecule has 0 aliphatic carbocycles. The van der Waals surface area contributed by atoms with E-state index < -0.39 is 0 Å². The highest BCUT2D eigenvalue weighted by molar-refractivity contribution is 5.89. The van der Waals surface area contributed by atoms with E-state index in [0.29, 0.717) is 13.1 Å². The van der Waals surface area contributed by atoms with Gasteiger partial charge in [-0.2, -0.15) is 5.10 Å². The van der Waals surface area contributed by atoms with Gasteiger partial charge in [0.05, 0.1) is 23.6 Å². The van der Waals surface area contributed by atoms with Crippen LogP contribution < -0.4 is 5.32 Å². The summed E-state index contributed by atoms with van der Waals surface area (Å²) in [5.74, 6) is 0. The molecule has 0 saturated carbocycles. The first kappa shape index (κ1) is 21.3. The smallest absolute Gasteiger partial charge is 0.314 e. The number of hydrogen-bond donors (Lipinski definition) is 1. The van der Waals surface area contributed by atoms with Gasteiger partial charge in [0, 0.05) is 24.1 Å². The summed E-state index contributed by atoms with van der Waals surface area (Å²) >= 11 is 0. The van der Waals surface area contributed by atoms with Crippen LogP contribution in [0.15, 0.2) is 79.0 Å². The fourth-order valence-corrected chi connectivity index (χ4v) is 3.73. The molecular weight excluding hydrogens is 398 g/mol. The van der Waals surface area contributed by atoms with Gasteiger partial charge in [0.25, 0.3) is 0 Å². The maximum absolute atomic E-state index is 13.3. The van der Waals surface area contributed by atoms with E-state index in [9.17, 15) is 4.79 Å². The minimum atomic E-state index is -0.178. The van der Waals surface area contributed by atoms with Crippen molar-refractivity contribution in [1.29, 1.82) is 0 Å². The number of benzene rings is 2. The fourth-order valence-electron chi connectivity index (χ4n) is 3.73. The summed E-state index contributed by atoms with van der Waals surface area (Å²) in [7, 11) is 0. The molecule has 1 N–H and O–H groups in total. The van der Waals surface area contributed by atoms with Gasteiger partial charge in [0.2, 0.25) is 0 Å². The molecule has 6 heteroatoms. The van der Waals surface area contributed by atoms with E-state index in [0.717, 1.165) is 34.0 Å². The molecule has 0 atom stereocenters. The molecule has 2 aromatic carbocycles. The standard InChI is InChI=1S/C26H27N5O/c1-19-8-6-9-22(14-19)17-30(18-24-10-4-5-13-27-24)26(32)28-23-11-7-12-25(16-23)31-21(3)15-20(2)29-31/h4-16H,17-18H2,1-3H3,(H,28,32). The van der Waals surface area contributed by atoms with E-state index in [4.69, 9.17) is 0 Å². The zero-order valence-corrected chi connectivity index (χ0v) is 18.6. The minimum Gasteiger partial charge on any atom is -0.314 e. The molecule has 0 aliphatic heterocycles. The predicted molar refractivity (Wildman–Crippen MR) is 127 cm³/mol. The molecule has 0 unspecified atom stereocenters. The summed E-state index contributed by atoms with van der Waals surface area (Å²) in [4.78, 5) is 19.5. The normalized spacial score (nSPS) is 10.7. The van der Waals surface area contributed by atoms with Crippen LogP contribution in [0.2, 0.25) is 0 Å². The molecule has 2 heterocycles. The number of pyridine rings is 1. The number of carbonyl (C=O) groups excluding carboxylic acids is 1. The molecule has 0 fully saturated rings. The number of nitrogens with one attached hydrogen (secondary N) is 1.